The van der Waals surface area contributed by atoms with Gasteiger partial charge in [-0.1, -0.05) is 49.9 Å². The van der Waals surface area contributed by atoms with Gasteiger partial charge in [0, 0.05) is 11.1 Å². The molecule has 1 unspecified atom stereocenters. The zero-order valence-corrected chi connectivity index (χ0v) is 12.3. The molecule has 1 N–H and O–H groups in total. The Kier molecular flexibility index (Phi) is 4.69. The molecule has 0 heterocycles. The Balaban J connectivity index is 2.06. The summed E-state index contributed by atoms with van der Waals surface area (Å²) in [6, 6.07) is 8.86. The van der Waals surface area contributed by atoms with Crippen molar-refractivity contribution in [1.82, 2.24) is 5.32 Å². The zero-order valence-electron chi connectivity index (χ0n) is 11.5. The molecule has 2 heteroatoms. The van der Waals surface area contributed by atoms with Crippen molar-refractivity contribution in [3.05, 3.63) is 34.9 Å². The predicted molar refractivity (Wildman–Crippen MR) is 79.2 cm³/mol. The van der Waals surface area contributed by atoms with Gasteiger partial charge in [0.1, 0.15) is 0 Å². The Morgan fingerprint density at radius 3 is 2.33 bits per heavy atom. The Hall–Kier alpha value is -0.530. The molecule has 0 amide bonds. The van der Waals surface area contributed by atoms with Gasteiger partial charge in [0.05, 0.1) is 0 Å². The van der Waals surface area contributed by atoms with E-state index < -0.39 is 0 Å². The van der Waals surface area contributed by atoms with Gasteiger partial charge in [0.25, 0.3) is 0 Å². The van der Waals surface area contributed by atoms with E-state index in [0.29, 0.717) is 11.5 Å². The van der Waals surface area contributed by atoms with E-state index in [1.165, 1.54) is 37.7 Å². The molecule has 1 saturated carbocycles. The number of halogens is 1. The van der Waals surface area contributed by atoms with Crippen LogP contribution in [0.2, 0.25) is 5.02 Å². The van der Waals surface area contributed by atoms with Crippen molar-refractivity contribution >= 4 is 11.6 Å². The van der Waals surface area contributed by atoms with Gasteiger partial charge in [-0.3, -0.25) is 0 Å². The van der Waals surface area contributed by atoms with Crippen LogP contribution in [0.15, 0.2) is 24.3 Å². The van der Waals surface area contributed by atoms with E-state index >= 15 is 0 Å². The largest absolute Gasteiger partial charge is 0.316 e. The van der Waals surface area contributed by atoms with Gasteiger partial charge < -0.3 is 5.32 Å². The molecule has 0 aromatic heterocycles. The maximum Gasteiger partial charge on any atom is 0.0406 e. The normalized spacial score (nSPS) is 20.6. The van der Waals surface area contributed by atoms with Gasteiger partial charge in [-0.15, -0.1) is 0 Å². The number of nitrogens with one attached hydrogen (secondary N) is 1. The highest BCUT2D eigenvalue weighted by Crippen LogP contribution is 2.39. The van der Waals surface area contributed by atoms with Gasteiger partial charge in [-0.2, -0.15) is 0 Å². The second-order valence-electron chi connectivity index (χ2n) is 5.89. The summed E-state index contributed by atoms with van der Waals surface area (Å²) in [5, 5.41) is 4.37. The molecule has 100 valence electrons. The van der Waals surface area contributed by atoms with Crippen molar-refractivity contribution in [2.24, 2.45) is 5.41 Å². The molecule has 1 aromatic rings. The van der Waals surface area contributed by atoms with Crippen LogP contribution in [0.5, 0.6) is 0 Å². The minimum absolute atomic E-state index is 0.451. The van der Waals surface area contributed by atoms with E-state index in [2.05, 4.69) is 31.4 Å². The first kappa shape index (κ1) is 13.9. The van der Waals surface area contributed by atoms with E-state index in [4.69, 9.17) is 11.6 Å². The molecule has 0 saturated heterocycles. The van der Waals surface area contributed by atoms with Gasteiger partial charge in [0.15, 0.2) is 0 Å². The second kappa shape index (κ2) is 6.08. The molecular formula is C16H24ClN. The van der Waals surface area contributed by atoms with Gasteiger partial charge in [0.2, 0.25) is 0 Å². The molecule has 1 aromatic carbocycles. The van der Waals surface area contributed by atoms with Crippen LogP contribution >= 0.6 is 11.6 Å². The van der Waals surface area contributed by atoms with E-state index in [-0.39, 0.29) is 0 Å². The Morgan fingerprint density at radius 1 is 1.17 bits per heavy atom. The van der Waals surface area contributed by atoms with Crippen molar-refractivity contribution in [2.45, 2.75) is 51.5 Å². The van der Waals surface area contributed by atoms with Gasteiger partial charge in [-0.05, 0) is 49.4 Å². The highest BCUT2D eigenvalue weighted by Gasteiger charge is 2.34. The predicted octanol–water partition coefficient (Wildman–Crippen LogP) is 4.44. The third-order valence-electron chi connectivity index (χ3n) is 4.54. The molecule has 0 aliphatic heterocycles. The Bertz CT molecular complexity index is 365. The van der Waals surface area contributed by atoms with Crippen LogP contribution in [0.3, 0.4) is 0 Å². The average Bonchev–Trinajstić information content (AvgIpc) is 2.38. The fourth-order valence-corrected chi connectivity index (χ4v) is 3.39. The van der Waals surface area contributed by atoms with Gasteiger partial charge >= 0.3 is 0 Å². The van der Waals surface area contributed by atoms with Crippen molar-refractivity contribution < 1.29 is 0 Å². The van der Waals surface area contributed by atoms with E-state index in [1.54, 1.807) is 0 Å². The highest BCUT2D eigenvalue weighted by molar-refractivity contribution is 6.30. The molecule has 1 aliphatic carbocycles. The van der Waals surface area contributed by atoms with Crippen LogP contribution in [0.4, 0.5) is 0 Å². The summed E-state index contributed by atoms with van der Waals surface area (Å²) in [4.78, 5) is 0. The van der Waals surface area contributed by atoms with Crippen molar-refractivity contribution in [1.29, 1.82) is 0 Å². The minimum atomic E-state index is 0.451. The summed E-state index contributed by atoms with van der Waals surface area (Å²) in [6.07, 6.45) is 7.99. The first-order valence-electron chi connectivity index (χ1n) is 7.06. The topological polar surface area (TPSA) is 12.0 Å². The third kappa shape index (κ3) is 3.27. The number of hydrogen-bond donors (Lipinski definition) is 1. The summed E-state index contributed by atoms with van der Waals surface area (Å²) < 4.78 is 0. The van der Waals surface area contributed by atoms with Crippen LogP contribution < -0.4 is 5.32 Å². The molecule has 1 aliphatic rings. The summed E-state index contributed by atoms with van der Waals surface area (Å²) >= 11 is 5.94. The van der Waals surface area contributed by atoms with Crippen LogP contribution in [-0.4, -0.2) is 13.1 Å². The summed E-state index contributed by atoms with van der Waals surface area (Å²) in [5.41, 5.74) is 1.83. The molecule has 1 fully saturated rings. The van der Waals surface area contributed by atoms with E-state index in [9.17, 15) is 0 Å². The lowest BCUT2D eigenvalue weighted by molar-refractivity contribution is 0.149. The smallest absolute Gasteiger partial charge is 0.0406 e. The number of rotatable bonds is 4. The molecular weight excluding hydrogens is 242 g/mol. The molecule has 0 spiro atoms. The van der Waals surface area contributed by atoms with Crippen molar-refractivity contribution in [3.8, 4) is 0 Å². The minimum Gasteiger partial charge on any atom is -0.316 e. The fraction of sp³-hybridized carbons (Fsp3) is 0.625. The molecule has 1 atom stereocenters. The van der Waals surface area contributed by atoms with Crippen LogP contribution in [0.1, 0.15) is 44.6 Å². The molecule has 2 rings (SSSR count). The summed E-state index contributed by atoms with van der Waals surface area (Å²) in [7, 11) is 2.10. The monoisotopic (exact) mass is 265 g/mol. The SMILES string of the molecule is CNC(Cc1ccc(Cl)cc1)C1(C)CCCCC1. The number of hydrogen-bond acceptors (Lipinski definition) is 1. The molecule has 0 bridgehead atoms. The lowest BCUT2D eigenvalue weighted by Gasteiger charge is -2.41. The molecule has 18 heavy (non-hydrogen) atoms. The Labute approximate surface area is 116 Å². The third-order valence-corrected chi connectivity index (χ3v) is 4.79. The maximum absolute atomic E-state index is 5.94. The zero-order chi connectivity index (χ0) is 13.0. The number of benzene rings is 1. The summed E-state index contributed by atoms with van der Waals surface area (Å²) in [6.45, 7) is 2.45. The van der Waals surface area contributed by atoms with Crippen LogP contribution in [0.25, 0.3) is 0 Å². The highest BCUT2D eigenvalue weighted by atomic mass is 35.5. The lowest BCUT2D eigenvalue weighted by atomic mass is 9.69. The fourth-order valence-electron chi connectivity index (χ4n) is 3.26. The van der Waals surface area contributed by atoms with E-state index in [1.807, 2.05) is 12.1 Å². The second-order valence-corrected chi connectivity index (χ2v) is 6.32. The number of likely N-dealkylation sites (N-methyl/N-ethyl adjacent to an activating group) is 1. The van der Waals surface area contributed by atoms with Crippen LogP contribution in [0, 0.1) is 5.41 Å². The molecule has 1 nitrogen and oxygen atoms in total. The Morgan fingerprint density at radius 2 is 1.78 bits per heavy atom. The maximum atomic E-state index is 5.94. The average molecular weight is 266 g/mol. The van der Waals surface area contributed by atoms with Crippen LogP contribution in [-0.2, 0) is 6.42 Å². The van der Waals surface area contributed by atoms with Crippen molar-refractivity contribution in [2.75, 3.05) is 7.05 Å². The lowest BCUT2D eigenvalue weighted by Crippen LogP contribution is -2.44. The quantitative estimate of drug-likeness (QED) is 0.849. The first-order valence-corrected chi connectivity index (χ1v) is 7.43. The van der Waals surface area contributed by atoms with Gasteiger partial charge in [-0.25, -0.2) is 0 Å². The first-order chi connectivity index (χ1) is 8.64. The van der Waals surface area contributed by atoms with E-state index in [0.717, 1.165) is 11.4 Å². The molecule has 0 radical (unpaired) electrons. The standard InChI is InChI=1S/C16H24ClN/c1-16(10-4-3-5-11-16)15(18-2)12-13-6-8-14(17)9-7-13/h6-9,15,18H,3-5,10-12H2,1-2H3. The van der Waals surface area contributed by atoms with Crippen molar-refractivity contribution in [3.63, 3.8) is 0 Å². The summed E-state index contributed by atoms with van der Waals surface area (Å²) in [5.74, 6) is 0.